The van der Waals surface area contributed by atoms with Gasteiger partial charge < -0.3 is 5.32 Å². The maximum Gasteiger partial charge on any atom is 0.259 e. The standard InChI is InChI=1S/C23H15ClF2N2O2/c24-18-8-4-3-7-17(18)21-11-14-5-1-2-6-16(14)23(30)28(21)13-22(29)27-20-10-9-15(25)12-19(20)26/h1-12H,13H2,(H,27,29). The molecule has 0 aliphatic heterocycles. The van der Waals surface area contributed by atoms with Gasteiger partial charge in [-0.3, -0.25) is 14.2 Å². The van der Waals surface area contributed by atoms with E-state index >= 15 is 0 Å². The molecule has 0 saturated carbocycles. The van der Waals surface area contributed by atoms with Crippen LogP contribution < -0.4 is 10.9 Å². The molecule has 0 atom stereocenters. The van der Waals surface area contributed by atoms with Crippen molar-refractivity contribution in [2.24, 2.45) is 0 Å². The molecule has 1 amide bonds. The number of hydrogen-bond acceptors (Lipinski definition) is 2. The van der Waals surface area contributed by atoms with E-state index in [2.05, 4.69) is 5.32 Å². The van der Waals surface area contributed by atoms with Crippen LogP contribution in [0.1, 0.15) is 0 Å². The van der Waals surface area contributed by atoms with Gasteiger partial charge in [0.1, 0.15) is 18.2 Å². The molecular formula is C23H15ClF2N2O2. The normalized spacial score (nSPS) is 10.9. The molecule has 4 nitrogen and oxygen atoms in total. The highest BCUT2D eigenvalue weighted by Gasteiger charge is 2.16. The Hall–Kier alpha value is -3.51. The number of nitrogens with zero attached hydrogens (tertiary/aromatic N) is 1. The molecule has 0 radical (unpaired) electrons. The van der Waals surface area contributed by atoms with Gasteiger partial charge in [0.2, 0.25) is 5.91 Å². The third-order valence-corrected chi connectivity index (χ3v) is 5.01. The number of hydrogen-bond donors (Lipinski definition) is 1. The van der Waals surface area contributed by atoms with Crippen LogP contribution in [-0.4, -0.2) is 10.5 Å². The van der Waals surface area contributed by atoms with E-state index in [1.54, 1.807) is 48.5 Å². The summed E-state index contributed by atoms with van der Waals surface area (Å²) in [5, 5.41) is 3.95. The number of pyridine rings is 1. The highest BCUT2D eigenvalue weighted by Crippen LogP contribution is 2.29. The first kappa shape index (κ1) is 19.8. The largest absolute Gasteiger partial charge is 0.322 e. The van der Waals surface area contributed by atoms with Crippen LogP contribution in [0.5, 0.6) is 0 Å². The first-order valence-corrected chi connectivity index (χ1v) is 9.44. The van der Waals surface area contributed by atoms with Crippen molar-refractivity contribution in [3.05, 3.63) is 99.8 Å². The Kier molecular flexibility index (Phi) is 5.33. The molecule has 4 aromatic rings. The summed E-state index contributed by atoms with van der Waals surface area (Å²) in [6, 6.07) is 18.6. The lowest BCUT2D eigenvalue weighted by Crippen LogP contribution is -2.29. The molecular weight excluding hydrogens is 410 g/mol. The van der Waals surface area contributed by atoms with Crippen LogP contribution in [-0.2, 0) is 11.3 Å². The van der Waals surface area contributed by atoms with E-state index in [4.69, 9.17) is 11.6 Å². The number of carbonyl (C=O) groups is 1. The van der Waals surface area contributed by atoms with Gasteiger partial charge in [0.15, 0.2) is 0 Å². The molecule has 1 N–H and O–H groups in total. The predicted octanol–water partition coefficient (Wildman–Crippen LogP) is 5.24. The molecule has 1 aromatic heterocycles. The zero-order chi connectivity index (χ0) is 21.3. The van der Waals surface area contributed by atoms with E-state index in [9.17, 15) is 18.4 Å². The van der Waals surface area contributed by atoms with Gasteiger partial charge in [0.05, 0.1) is 11.4 Å². The highest BCUT2D eigenvalue weighted by atomic mass is 35.5. The second kappa shape index (κ2) is 8.08. The lowest BCUT2D eigenvalue weighted by Gasteiger charge is -2.16. The Morgan fingerprint density at radius 1 is 0.967 bits per heavy atom. The Morgan fingerprint density at radius 2 is 1.70 bits per heavy atom. The van der Waals surface area contributed by atoms with Gasteiger partial charge in [0.25, 0.3) is 5.56 Å². The summed E-state index contributed by atoms with van der Waals surface area (Å²) >= 11 is 6.34. The summed E-state index contributed by atoms with van der Waals surface area (Å²) in [5.41, 5.74) is 0.495. The molecule has 0 unspecified atom stereocenters. The van der Waals surface area contributed by atoms with Gasteiger partial charge in [-0.15, -0.1) is 0 Å². The summed E-state index contributed by atoms with van der Waals surface area (Å²) in [5.74, 6) is -2.29. The minimum Gasteiger partial charge on any atom is -0.322 e. The quantitative estimate of drug-likeness (QED) is 0.487. The van der Waals surface area contributed by atoms with Crippen molar-refractivity contribution in [1.29, 1.82) is 0 Å². The topological polar surface area (TPSA) is 51.1 Å². The fourth-order valence-corrected chi connectivity index (χ4v) is 3.50. The average molecular weight is 425 g/mol. The van der Waals surface area contributed by atoms with Gasteiger partial charge in [-0.25, -0.2) is 8.78 Å². The molecule has 7 heteroatoms. The van der Waals surface area contributed by atoms with Crippen LogP contribution in [0.2, 0.25) is 5.02 Å². The maximum absolute atomic E-state index is 13.9. The predicted molar refractivity (Wildman–Crippen MR) is 114 cm³/mol. The van der Waals surface area contributed by atoms with Crippen molar-refractivity contribution < 1.29 is 13.6 Å². The number of benzene rings is 3. The average Bonchev–Trinajstić information content (AvgIpc) is 2.73. The van der Waals surface area contributed by atoms with E-state index in [1.165, 1.54) is 4.57 Å². The van der Waals surface area contributed by atoms with Crippen LogP contribution in [0.3, 0.4) is 0 Å². The molecule has 4 rings (SSSR count). The fraction of sp³-hybridized carbons (Fsp3) is 0.0435. The number of carbonyl (C=O) groups excluding carboxylic acids is 1. The monoisotopic (exact) mass is 424 g/mol. The lowest BCUT2D eigenvalue weighted by molar-refractivity contribution is -0.116. The van der Waals surface area contributed by atoms with Gasteiger partial charge in [-0.2, -0.15) is 0 Å². The van der Waals surface area contributed by atoms with Gasteiger partial charge in [-0.05, 0) is 35.7 Å². The number of halogens is 3. The summed E-state index contributed by atoms with van der Waals surface area (Å²) in [7, 11) is 0. The van der Waals surface area contributed by atoms with Crippen LogP contribution >= 0.6 is 11.6 Å². The molecule has 150 valence electrons. The Balaban J connectivity index is 1.80. The Bertz CT molecular complexity index is 1330. The van der Waals surface area contributed by atoms with Crippen molar-refractivity contribution in [2.45, 2.75) is 6.54 Å². The number of nitrogens with one attached hydrogen (secondary N) is 1. The molecule has 0 fully saturated rings. The van der Waals surface area contributed by atoms with Gasteiger partial charge in [0, 0.05) is 22.0 Å². The first-order chi connectivity index (χ1) is 14.4. The third-order valence-electron chi connectivity index (χ3n) is 4.68. The van der Waals surface area contributed by atoms with Crippen molar-refractivity contribution >= 4 is 34.0 Å². The minimum atomic E-state index is -0.902. The molecule has 0 aliphatic carbocycles. The Labute approximate surface area is 175 Å². The number of anilines is 1. The second-order valence-corrected chi connectivity index (χ2v) is 7.07. The summed E-state index contributed by atoms with van der Waals surface area (Å²) < 4.78 is 28.3. The van der Waals surface area contributed by atoms with E-state index in [-0.39, 0.29) is 17.8 Å². The van der Waals surface area contributed by atoms with Crippen LogP contribution in [0.15, 0.2) is 77.6 Å². The molecule has 0 saturated heterocycles. The van der Waals surface area contributed by atoms with Crippen LogP contribution in [0.4, 0.5) is 14.5 Å². The van der Waals surface area contributed by atoms with Crippen LogP contribution in [0.25, 0.3) is 22.0 Å². The molecule has 0 aliphatic rings. The van der Waals surface area contributed by atoms with E-state index in [1.807, 2.05) is 6.07 Å². The van der Waals surface area contributed by atoms with Crippen molar-refractivity contribution in [3.8, 4) is 11.3 Å². The van der Waals surface area contributed by atoms with Crippen molar-refractivity contribution in [1.82, 2.24) is 4.57 Å². The van der Waals surface area contributed by atoms with E-state index in [0.29, 0.717) is 33.1 Å². The molecule has 0 bridgehead atoms. The number of amides is 1. The number of fused-ring (bicyclic) bond motifs is 1. The molecule has 30 heavy (non-hydrogen) atoms. The fourth-order valence-electron chi connectivity index (χ4n) is 3.27. The molecule has 1 heterocycles. The van der Waals surface area contributed by atoms with Crippen LogP contribution in [0, 0.1) is 11.6 Å². The number of aromatic nitrogens is 1. The third kappa shape index (κ3) is 3.82. The summed E-state index contributed by atoms with van der Waals surface area (Å²) in [6.45, 7) is -0.374. The van der Waals surface area contributed by atoms with Gasteiger partial charge in [-0.1, -0.05) is 48.0 Å². The summed E-state index contributed by atoms with van der Waals surface area (Å²) in [6.07, 6.45) is 0. The van der Waals surface area contributed by atoms with E-state index < -0.39 is 17.5 Å². The summed E-state index contributed by atoms with van der Waals surface area (Å²) in [4.78, 5) is 25.8. The Morgan fingerprint density at radius 3 is 2.47 bits per heavy atom. The zero-order valence-electron chi connectivity index (χ0n) is 15.5. The molecule has 0 spiro atoms. The first-order valence-electron chi connectivity index (χ1n) is 9.06. The second-order valence-electron chi connectivity index (χ2n) is 6.66. The van der Waals surface area contributed by atoms with Crippen molar-refractivity contribution in [3.63, 3.8) is 0 Å². The smallest absolute Gasteiger partial charge is 0.259 e. The van der Waals surface area contributed by atoms with Crippen molar-refractivity contribution in [2.75, 3.05) is 5.32 Å². The lowest BCUT2D eigenvalue weighted by atomic mass is 10.1. The van der Waals surface area contributed by atoms with E-state index in [0.717, 1.165) is 12.1 Å². The zero-order valence-corrected chi connectivity index (χ0v) is 16.3. The molecule has 3 aromatic carbocycles. The van der Waals surface area contributed by atoms with Gasteiger partial charge >= 0.3 is 0 Å². The minimum absolute atomic E-state index is 0.172. The maximum atomic E-state index is 13.9. The highest BCUT2D eigenvalue weighted by molar-refractivity contribution is 6.33. The SMILES string of the molecule is O=C(Cn1c(-c2ccccc2Cl)cc2ccccc2c1=O)Nc1ccc(F)cc1F. The number of rotatable bonds is 4.